The summed E-state index contributed by atoms with van der Waals surface area (Å²) in [5.74, 6) is 2.19. The predicted octanol–water partition coefficient (Wildman–Crippen LogP) is 3.13. The van der Waals surface area contributed by atoms with Crippen molar-refractivity contribution in [2.45, 2.75) is 32.7 Å². The molecule has 0 spiro atoms. The molecule has 1 aliphatic carbocycles. The van der Waals surface area contributed by atoms with Gasteiger partial charge in [-0.25, -0.2) is 0 Å². The van der Waals surface area contributed by atoms with Crippen molar-refractivity contribution in [2.24, 2.45) is 11.8 Å². The number of hydrogen-bond donors (Lipinski definition) is 1. The summed E-state index contributed by atoms with van der Waals surface area (Å²) in [5.41, 5.74) is 0.948. The summed E-state index contributed by atoms with van der Waals surface area (Å²) in [6.07, 6.45) is 3.90. The van der Waals surface area contributed by atoms with Crippen LogP contribution in [0.5, 0.6) is 5.75 Å². The molecule has 0 saturated heterocycles. The van der Waals surface area contributed by atoms with Gasteiger partial charge in [0.25, 0.3) is 5.69 Å². The number of nitrogens with zero attached hydrogens (tertiary/aromatic N) is 1. The lowest BCUT2D eigenvalue weighted by atomic mass is 9.98. The van der Waals surface area contributed by atoms with Crippen LogP contribution >= 0.6 is 0 Å². The van der Waals surface area contributed by atoms with Crippen LogP contribution in [0.3, 0.4) is 0 Å². The van der Waals surface area contributed by atoms with E-state index in [9.17, 15) is 10.1 Å². The summed E-state index contributed by atoms with van der Waals surface area (Å²) in [4.78, 5) is 10.5. The Morgan fingerprint density at radius 2 is 2.25 bits per heavy atom. The number of rotatable bonds is 6. The van der Waals surface area contributed by atoms with E-state index in [4.69, 9.17) is 4.74 Å². The minimum absolute atomic E-state index is 0.108. The molecule has 1 aromatic carbocycles. The molecule has 110 valence electrons. The van der Waals surface area contributed by atoms with Gasteiger partial charge in [0, 0.05) is 24.2 Å². The first kappa shape index (κ1) is 14.8. The molecule has 0 amide bonds. The van der Waals surface area contributed by atoms with E-state index in [-0.39, 0.29) is 10.6 Å². The van der Waals surface area contributed by atoms with Gasteiger partial charge in [-0.05, 0) is 30.9 Å². The molecule has 0 aliphatic heterocycles. The molecule has 1 aliphatic rings. The fraction of sp³-hybridized carbons (Fsp3) is 0.600. The summed E-state index contributed by atoms with van der Waals surface area (Å²) >= 11 is 0. The van der Waals surface area contributed by atoms with Gasteiger partial charge in [-0.3, -0.25) is 10.1 Å². The maximum absolute atomic E-state index is 10.8. The molecular formula is C15H22N2O3. The lowest BCUT2D eigenvalue weighted by molar-refractivity contribution is -0.384. The van der Waals surface area contributed by atoms with Crippen LogP contribution in [0.1, 0.15) is 31.7 Å². The second kappa shape index (κ2) is 6.70. The van der Waals surface area contributed by atoms with Crippen LogP contribution in [0, 0.1) is 22.0 Å². The average Bonchev–Trinajstić information content (AvgIpc) is 2.84. The zero-order chi connectivity index (χ0) is 14.5. The monoisotopic (exact) mass is 278 g/mol. The number of hydrogen-bond acceptors (Lipinski definition) is 4. The van der Waals surface area contributed by atoms with Gasteiger partial charge in [-0.2, -0.15) is 0 Å². The number of methoxy groups -OCH3 is 1. The second-order valence-electron chi connectivity index (χ2n) is 5.55. The molecular weight excluding hydrogens is 256 g/mol. The Morgan fingerprint density at radius 1 is 1.45 bits per heavy atom. The van der Waals surface area contributed by atoms with Crippen molar-refractivity contribution < 1.29 is 9.66 Å². The van der Waals surface area contributed by atoms with E-state index in [0.717, 1.165) is 23.9 Å². The van der Waals surface area contributed by atoms with E-state index in [1.807, 2.05) is 0 Å². The molecule has 1 aromatic rings. The van der Waals surface area contributed by atoms with Crippen molar-refractivity contribution in [3.8, 4) is 5.75 Å². The summed E-state index contributed by atoms with van der Waals surface area (Å²) in [6.45, 7) is 3.87. The molecule has 5 nitrogen and oxygen atoms in total. The molecule has 1 saturated carbocycles. The lowest BCUT2D eigenvalue weighted by Gasteiger charge is -2.16. The van der Waals surface area contributed by atoms with Crippen LogP contribution in [-0.2, 0) is 6.54 Å². The number of non-ortho nitro benzene ring substituents is 1. The van der Waals surface area contributed by atoms with E-state index in [1.165, 1.54) is 25.3 Å². The molecule has 1 fully saturated rings. The van der Waals surface area contributed by atoms with E-state index in [1.54, 1.807) is 19.2 Å². The van der Waals surface area contributed by atoms with Crippen molar-refractivity contribution in [2.75, 3.05) is 13.7 Å². The minimum Gasteiger partial charge on any atom is -0.496 e. The molecule has 2 rings (SSSR count). The van der Waals surface area contributed by atoms with Crippen LogP contribution in [0.25, 0.3) is 0 Å². The van der Waals surface area contributed by atoms with Gasteiger partial charge in [-0.15, -0.1) is 0 Å². The molecule has 0 aromatic heterocycles. The largest absolute Gasteiger partial charge is 0.496 e. The third-order valence-electron chi connectivity index (χ3n) is 4.24. The molecule has 2 unspecified atom stereocenters. The Hall–Kier alpha value is -1.62. The fourth-order valence-electron chi connectivity index (χ4n) is 2.93. The van der Waals surface area contributed by atoms with Crippen LogP contribution in [-0.4, -0.2) is 18.6 Å². The Kier molecular flexibility index (Phi) is 4.95. The van der Waals surface area contributed by atoms with E-state index < -0.39 is 0 Å². The smallest absolute Gasteiger partial charge is 0.270 e. The summed E-state index contributed by atoms with van der Waals surface area (Å²) in [6, 6.07) is 4.72. The molecule has 20 heavy (non-hydrogen) atoms. The molecule has 2 atom stereocenters. The van der Waals surface area contributed by atoms with Crippen molar-refractivity contribution in [1.82, 2.24) is 5.32 Å². The van der Waals surface area contributed by atoms with Gasteiger partial charge in [0.2, 0.25) is 0 Å². The highest BCUT2D eigenvalue weighted by atomic mass is 16.6. The predicted molar refractivity (Wildman–Crippen MR) is 77.9 cm³/mol. The lowest BCUT2D eigenvalue weighted by Crippen LogP contribution is -2.24. The quantitative estimate of drug-likeness (QED) is 0.641. The average molecular weight is 278 g/mol. The number of nitro groups is 1. The first-order valence-electron chi connectivity index (χ1n) is 7.14. The van der Waals surface area contributed by atoms with Gasteiger partial charge in [0.1, 0.15) is 5.75 Å². The topological polar surface area (TPSA) is 64.4 Å². The van der Waals surface area contributed by atoms with Crippen molar-refractivity contribution in [1.29, 1.82) is 0 Å². The standard InChI is InChI=1S/C15H22N2O3/c1-11-4-3-5-12(11)9-16-10-13-8-14(17(18)19)6-7-15(13)20-2/h6-8,11-12,16H,3-5,9-10H2,1-2H3. The second-order valence-corrected chi connectivity index (χ2v) is 5.55. The van der Waals surface area contributed by atoms with Crippen molar-refractivity contribution >= 4 is 5.69 Å². The number of benzene rings is 1. The van der Waals surface area contributed by atoms with Gasteiger partial charge in [-0.1, -0.05) is 19.8 Å². The third kappa shape index (κ3) is 3.48. The molecule has 0 heterocycles. The van der Waals surface area contributed by atoms with Crippen molar-refractivity contribution in [3.63, 3.8) is 0 Å². The molecule has 0 bridgehead atoms. The maximum atomic E-state index is 10.8. The highest BCUT2D eigenvalue weighted by Crippen LogP contribution is 2.30. The first-order valence-corrected chi connectivity index (χ1v) is 7.14. The van der Waals surface area contributed by atoms with Crippen LogP contribution in [0.2, 0.25) is 0 Å². The third-order valence-corrected chi connectivity index (χ3v) is 4.24. The fourth-order valence-corrected chi connectivity index (χ4v) is 2.93. The first-order chi connectivity index (χ1) is 9.61. The SMILES string of the molecule is COc1ccc([N+](=O)[O-])cc1CNCC1CCCC1C. The summed E-state index contributed by atoms with van der Waals surface area (Å²) < 4.78 is 5.26. The van der Waals surface area contributed by atoms with Crippen molar-refractivity contribution in [3.05, 3.63) is 33.9 Å². The highest BCUT2D eigenvalue weighted by Gasteiger charge is 2.22. The van der Waals surface area contributed by atoms with Crippen LogP contribution in [0.15, 0.2) is 18.2 Å². The molecule has 5 heteroatoms. The van der Waals surface area contributed by atoms with Crippen LogP contribution < -0.4 is 10.1 Å². The molecule has 1 N–H and O–H groups in total. The Labute approximate surface area is 119 Å². The highest BCUT2D eigenvalue weighted by molar-refractivity contribution is 5.43. The van der Waals surface area contributed by atoms with Gasteiger partial charge in [0.05, 0.1) is 12.0 Å². The number of nitrogens with one attached hydrogen (secondary N) is 1. The number of nitro benzene ring substituents is 1. The molecule has 0 radical (unpaired) electrons. The normalized spacial score (nSPS) is 21.9. The Bertz CT molecular complexity index is 476. The van der Waals surface area contributed by atoms with Gasteiger partial charge >= 0.3 is 0 Å². The summed E-state index contributed by atoms with van der Waals surface area (Å²) in [5, 5.41) is 14.2. The van der Waals surface area contributed by atoms with E-state index in [2.05, 4.69) is 12.2 Å². The Morgan fingerprint density at radius 3 is 2.85 bits per heavy atom. The number of ether oxygens (including phenoxy) is 1. The maximum Gasteiger partial charge on any atom is 0.270 e. The minimum atomic E-state index is -0.373. The Balaban J connectivity index is 1.96. The zero-order valence-corrected chi connectivity index (χ0v) is 12.1. The van der Waals surface area contributed by atoms with E-state index in [0.29, 0.717) is 12.3 Å². The summed E-state index contributed by atoms with van der Waals surface area (Å²) in [7, 11) is 1.59. The zero-order valence-electron chi connectivity index (χ0n) is 12.1. The van der Waals surface area contributed by atoms with E-state index >= 15 is 0 Å². The van der Waals surface area contributed by atoms with Gasteiger partial charge in [0.15, 0.2) is 0 Å². The van der Waals surface area contributed by atoms with Gasteiger partial charge < -0.3 is 10.1 Å². The van der Waals surface area contributed by atoms with Crippen LogP contribution in [0.4, 0.5) is 5.69 Å².